The van der Waals surface area contributed by atoms with E-state index in [1.54, 1.807) is 44.2 Å². The lowest BCUT2D eigenvalue weighted by molar-refractivity contribution is 0.0694. The van der Waals surface area contributed by atoms with E-state index in [2.05, 4.69) is 25.8 Å². The highest BCUT2D eigenvalue weighted by Gasteiger charge is 2.15. The summed E-state index contributed by atoms with van der Waals surface area (Å²) >= 11 is 0. The summed E-state index contributed by atoms with van der Waals surface area (Å²) in [7, 11) is 0. The van der Waals surface area contributed by atoms with Crippen molar-refractivity contribution in [2.45, 2.75) is 38.5 Å². The first-order chi connectivity index (χ1) is 15.7. The molecule has 1 aromatic carbocycles. The highest BCUT2D eigenvalue weighted by Crippen LogP contribution is 2.19. The molecule has 3 N–H and O–H groups in total. The minimum atomic E-state index is -1.24. The Morgan fingerprint density at radius 3 is 2.67 bits per heavy atom. The van der Waals surface area contributed by atoms with Gasteiger partial charge in [-0.2, -0.15) is 0 Å². The number of anilines is 1. The lowest BCUT2D eigenvalue weighted by atomic mass is 10.1. The van der Waals surface area contributed by atoms with Crippen molar-refractivity contribution in [1.82, 2.24) is 20.5 Å². The normalized spacial score (nSPS) is 12.3. The predicted octanol–water partition coefficient (Wildman–Crippen LogP) is 3.56. The van der Waals surface area contributed by atoms with Gasteiger partial charge in [0.2, 0.25) is 0 Å². The van der Waals surface area contributed by atoms with Gasteiger partial charge < -0.3 is 15.7 Å². The second-order valence-corrected chi connectivity index (χ2v) is 8.33. The fraction of sp³-hybridized carbons (Fsp3) is 0.333. The summed E-state index contributed by atoms with van der Waals surface area (Å²) in [5.41, 5.74) is 0.848. The van der Waals surface area contributed by atoms with Crippen molar-refractivity contribution < 1.29 is 18.7 Å². The van der Waals surface area contributed by atoms with E-state index in [9.17, 15) is 18.7 Å². The molecule has 2 heterocycles. The van der Waals surface area contributed by atoms with Crippen LogP contribution in [0.5, 0.6) is 0 Å². The number of nitrogens with zero attached hydrogens (tertiary/aromatic N) is 3. The zero-order valence-electron chi connectivity index (χ0n) is 18.6. The Hall–Kier alpha value is -3.46. The predicted molar refractivity (Wildman–Crippen MR) is 122 cm³/mol. The van der Waals surface area contributed by atoms with E-state index in [1.807, 2.05) is 6.07 Å². The maximum absolute atomic E-state index is 14.2. The van der Waals surface area contributed by atoms with Gasteiger partial charge in [0, 0.05) is 36.8 Å². The Bertz CT molecular complexity index is 1070. The molecular formula is C24H27F2N5O2. The average molecular weight is 456 g/mol. The molecule has 7 nitrogen and oxygen atoms in total. The molecule has 3 rings (SSSR count). The molecule has 0 spiro atoms. The SMILES string of the molecule is CC(C)(O)CNC(=O)c1cccc(-c2ccc(NCC[C@H](F)Cc3ncccc3F)nn2)c1. The highest BCUT2D eigenvalue weighted by atomic mass is 19.1. The van der Waals surface area contributed by atoms with E-state index in [-0.39, 0.29) is 31.0 Å². The van der Waals surface area contributed by atoms with Crippen LogP contribution in [-0.2, 0) is 6.42 Å². The molecule has 0 aliphatic heterocycles. The summed E-state index contributed by atoms with van der Waals surface area (Å²) in [5, 5.41) is 23.7. The molecule has 0 radical (unpaired) electrons. The van der Waals surface area contributed by atoms with Crippen molar-refractivity contribution in [2.24, 2.45) is 0 Å². The summed E-state index contributed by atoms with van der Waals surface area (Å²) in [6, 6.07) is 13.1. The lowest BCUT2D eigenvalue weighted by Gasteiger charge is -2.17. The summed E-state index contributed by atoms with van der Waals surface area (Å²) in [5.74, 6) is -0.320. The van der Waals surface area contributed by atoms with Crippen LogP contribution >= 0.6 is 0 Å². The third kappa shape index (κ3) is 7.57. The number of nitrogens with one attached hydrogen (secondary N) is 2. The molecule has 0 saturated heterocycles. The van der Waals surface area contributed by atoms with Crippen LogP contribution in [0.25, 0.3) is 11.3 Å². The maximum Gasteiger partial charge on any atom is 0.251 e. The van der Waals surface area contributed by atoms with E-state index in [1.165, 1.54) is 18.3 Å². The van der Waals surface area contributed by atoms with E-state index in [4.69, 9.17) is 0 Å². The third-order valence-corrected chi connectivity index (χ3v) is 4.78. The first kappa shape index (κ1) is 24.2. The topological polar surface area (TPSA) is 100 Å². The second-order valence-electron chi connectivity index (χ2n) is 8.33. The number of hydrogen-bond donors (Lipinski definition) is 3. The van der Waals surface area contributed by atoms with Crippen LogP contribution in [-0.4, -0.2) is 51.1 Å². The van der Waals surface area contributed by atoms with Gasteiger partial charge >= 0.3 is 0 Å². The van der Waals surface area contributed by atoms with Crippen LogP contribution in [0, 0.1) is 5.82 Å². The van der Waals surface area contributed by atoms with E-state index in [0.29, 0.717) is 29.2 Å². The standard InChI is InChI=1S/C24H27F2N5O2/c1-24(2,33)15-29-23(32)17-6-3-5-16(13-17)20-8-9-22(31-30-20)28-12-10-18(25)14-21-19(26)7-4-11-27-21/h3-9,11,13,18,33H,10,12,14-15H2,1-2H3,(H,28,31)(H,29,32)/t18-/m0/s1. The number of rotatable bonds is 10. The monoisotopic (exact) mass is 455 g/mol. The number of pyridine rings is 1. The molecule has 174 valence electrons. The fourth-order valence-corrected chi connectivity index (χ4v) is 3.04. The Kier molecular flexibility index (Phi) is 8.00. The quantitative estimate of drug-likeness (QED) is 0.432. The van der Waals surface area contributed by atoms with Gasteiger partial charge in [-0.05, 0) is 56.7 Å². The molecule has 0 saturated carbocycles. The van der Waals surface area contributed by atoms with E-state index in [0.717, 1.165) is 0 Å². The van der Waals surface area contributed by atoms with Crippen LogP contribution in [0.4, 0.5) is 14.6 Å². The Balaban J connectivity index is 1.53. The number of aromatic nitrogens is 3. The van der Waals surface area contributed by atoms with Gasteiger partial charge in [-0.1, -0.05) is 12.1 Å². The third-order valence-electron chi connectivity index (χ3n) is 4.78. The van der Waals surface area contributed by atoms with Gasteiger partial charge in [-0.25, -0.2) is 8.78 Å². The van der Waals surface area contributed by atoms with Crippen LogP contribution < -0.4 is 10.6 Å². The van der Waals surface area contributed by atoms with Gasteiger partial charge in [0.05, 0.1) is 17.0 Å². The average Bonchev–Trinajstić information content (AvgIpc) is 2.79. The fourth-order valence-electron chi connectivity index (χ4n) is 3.04. The van der Waals surface area contributed by atoms with Gasteiger partial charge in [0.1, 0.15) is 17.8 Å². The Labute approximate surface area is 191 Å². The van der Waals surface area contributed by atoms with Crippen molar-refractivity contribution >= 4 is 11.7 Å². The van der Waals surface area contributed by atoms with Gasteiger partial charge in [-0.15, -0.1) is 10.2 Å². The lowest BCUT2D eigenvalue weighted by Crippen LogP contribution is -2.38. The van der Waals surface area contributed by atoms with Crippen molar-refractivity contribution in [2.75, 3.05) is 18.4 Å². The summed E-state index contributed by atoms with van der Waals surface area (Å²) in [6.07, 6.45) is 0.290. The minimum Gasteiger partial charge on any atom is -0.389 e. The Morgan fingerprint density at radius 1 is 1.15 bits per heavy atom. The number of hydrogen-bond acceptors (Lipinski definition) is 6. The molecule has 3 aromatic rings. The highest BCUT2D eigenvalue weighted by molar-refractivity contribution is 5.95. The molecule has 1 atom stereocenters. The molecule has 0 bridgehead atoms. The number of aliphatic hydroxyl groups is 1. The zero-order chi connectivity index (χ0) is 23.8. The number of carbonyl (C=O) groups is 1. The number of amides is 1. The largest absolute Gasteiger partial charge is 0.389 e. The van der Waals surface area contributed by atoms with Gasteiger partial charge in [0.15, 0.2) is 0 Å². The summed E-state index contributed by atoms with van der Waals surface area (Å²) < 4.78 is 27.7. The summed E-state index contributed by atoms with van der Waals surface area (Å²) in [6.45, 7) is 3.67. The van der Waals surface area contributed by atoms with Gasteiger partial charge in [0.25, 0.3) is 5.91 Å². The number of carbonyl (C=O) groups excluding carboxylic acids is 1. The van der Waals surface area contributed by atoms with Crippen LogP contribution in [0.3, 0.4) is 0 Å². The van der Waals surface area contributed by atoms with Gasteiger partial charge in [-0.3, -0.25) is 9.78 Å². The molecule has 9 heteroatoms. The second kappa shape index (κ2) is 10.9. The molecule has 33 heavy (non-hydrogen) atoms. The Morgan fingerprint density at radius 2 is 1.97 bits per heavy atom. The first-order valence-corrected chi connectivity index (χ1v) is 10.6. The van der Waals surface area contributed by atoms with Crippen molar-refractivity contribution in [3.8, 4) is 11.3 Å². The summed E-state index contributed by atoms with van der Waals surface area (Å²) in [4.78, 5) is 16.2. The minimum absolute atomic E-state index is 0.0846. The molecule has 0 unspecified atom stereocenters. The van der Waals surface area contributed by atoms with Crippen molar-refractivity contribution in [3.63, 3.8) is 0 Å². The van der Waals surface area contributed by atoms with Crippen LogP contribution in [0.1, 0.15) is 36.3 Å². The van der Waals surface area contributed by atoms with Crippen LogP contribution in [0.15, 0.2) is 54.7 Å². The molecule has 0 fully saturated rings. The smallest absolute Gasteiger partial charge is 0.251 e. The molecule has 0 aliphatic rings. The number of alkyl halides is 1. The van der Waals surface area contributed by atoms with E-state index >= 15 is 0 Å². The molecular weight excluding hydrogens is 428 g/mol. The number of benzene rings is 1. The van der Waals surface area contributed by atoms with E-state index < -0.39 is 17.6 Å². The maximum atomic E-state index is 14.2. The zero-order valence-corrected chi connectivity index (χ0v) is 18.6. The van der Waals surface area contributed by atoms with Crippen molar-refractivity contribution in [3.05, 3.63) is 71.8 Å². The van der Waals surface area contributed by atoms with Crippen LogP contribution in [0.2, 0.25) is 0 Å². The number of halogens is 2. The van der Waals surface area contributed by atoms with Crippen molar-refractivity contribution in [1.29, 1.82) is 0 Å². The molecule has 2 aromatic heterocycles. The molecule has 0 aliphatic carbocycles. The first-order valence-electron chi connectivity index (χ1n) is 10.6. The molecule has 1 amide bonds.